The fourth-order valence-corrected chi connectivity index (χ4v) is 2.65. The van der Waals surface area contributed by atoms with Crippen LogP contribution in [0.3, 0.4) is 0 Å². The van der Waals surface area contributed by atoms with E-state index in [1.165, 1.54) is 0 Å². The minimum atomic E-state index is -0.948. The van der Waals surface area contributed by atoms with Gasteiger partial charge in [0.25, 0.3) is 0 Å². The number of ether oxygens (including phenoxy) is 1. The van der Waals surface area contributed by atoms with Crippen LogP contribution in [-0.4, -0.2) is 66.9 Å². The van der Waals surface area contributed by atoms with Gasteiger partial charge in [-0.15, -0.1) is 0 Å². The smallest absolute Gasteiger partial charge is 0.329 e. The van der Waals surface area contributed by atoms with E-state index in [0.717, 1.165) is 25.9 Å². The molecular formula is C13H23N3O4. The fourth-order valence-electron chi connectivity index (χ4n) is 2.65. The van der Waals surface area contributed by atoms with Crippen molar-refractivity contribution in [1.29, 1.82) is 0 Å². The molecule has 114 valence electrons. The number of hydrogen-bond donors (Lipinski definition) is 3. The van der Waals surface area contributed by atoms with E-state index < -0.39 is 5.97 Å². The number of urea groups is 1. The summed E-state index contributed by atoms with van der Waals surface area (Å²) < 4.78 is 5.26. The number of rotatable bonds is 4. The number of carbonyl (C=O) groups is 2. The Labute approximate surface area is 118 Å². The van der Waals surface area contributed by atoms with Crippen LogP contribution in [0.1, 0.15) is 25.7 Å². The molecule has 0 saturated carbocycles. The van der Waals surface area contributed by atoms with Gasteiger partial charge in [-0.25, -0.2) is 9.59 Å². The standard InChI is InChI=1S/C13H23N3O4/c17-12(18)9-20-11-3-7-16(8-4-11)13(19)15-10-1-5-14-6-2-10/h10-11,14H,1-9H2,(H,15,19)(H,17,18). The first-order chi connectivity index (χ1) is 9.65. The number of carbonyl (C=O) groups excluding carboxylic acids is 1. The van der Waals surface area contributed by atoms with Crippen molar-refractivity contribution in [2.45, 2.75) is 37.8 Å². The van der Waals surface area contributed by atoms with Crippen molar-refractivity contribution >= 4 is 12.0 Å². The second-order valence-electron chi connectivity index (χ2n) is 5.36. The SMILES string of the molecule is O=C(O)COC1CCN(C(=O)NC2CCNCC2)CC1. The highest BCUT2D eigenvalue weighted by Gasteiger charge is 2.25. The van der Waals surface area contributed by atoms with E-state index in [-0.39, 0.29) is 24.8 Å². The Morgan fingerprint density at radius 2 is 1.85 bits per heavy atom. The van der Waals surface area contributed by atoms with E-state index >= 15 is 0 Å². The zero-order valence-corrected chi connectivity index (χ0v) is 11.6. The number of nitrogens with zero attached hydrogens (tertiary/aromatic N) is 1. The molecule has 0 aromatic heterocycles. The minimum absolute atomic E-state index is 0.00594. The second kappa shape index (κ2) is 7.44. The molecule has 0 aromatic rings. The number of hydrogen-bond acceptors (Lipinski definition) is 4. The Kier molecular flexibility index (Phi) is 5.60. The molecule has 0 spiro atoms. The molecule has 0 aromatic carbocycles. The molecule has 7 nitrogen and oxygen atoms in total. The van der Waals surface area contributed by atoms with E-state index in [9.17, 15) is 9.59 Å². The van der Waals surface area contributed by atoms with Gasteiger partial charge in [0.2, 0.25) is 0 Å². The quantitative estimate of drug-likeness (QED) is 0.677. The van der Waals surface area contributed by atoms with Crippen LogP contribution in [0, 0.1) is 0 Å². The van der Waals surface area contributed by atoms with Crippen molar-refractivity contribution < 1.29 is 19.4 Å². The van der Waals surface area contributed by atoms with Crippen molar-refractivity contribution in [1.82, 2.24) is 15.5 Å². The van der Waals surface area contributed by atoms with Crippen molar-refractivity contribution in [2.24, 2.45) is 0 Å². The summed E-state index contributed by atoms with van der Waals surface area (Å²) in [6.07, 6.45) is 3.31. The normalized spacial score (nSPS) is 21.7. The summed E-state index contributed by atoms with van der Waals surface area (Å²) in [6, 6.07) is 0.262. The second-order valence-corrected chi connectivity index (χ2v) is 5.36. The molecule has 7 heteroatoms. The molecule has 2 heterocycles. The van der Waals surface area contributed by atoms with Gasteiger partial charge in [-0.05, 0) is 38.8 Å². The number of aliphatic carboxylic acids is 1. The minimum Gasteiger partial charge on any atom is -0.480 e. The van der Waals surface area contributed by atoms with Crippen molar-refractivity contribution in [3.63, 3.8) is 0 Å². The first-order valence-corrected chi connectivity index (χ1v) is 7.24. The number of piperidine rings is 2. The third kappa shape index (κ3) is 4.64. The van der Waals surface area contributed by atoms with Crippen molar-refractivity contribution in [3.05, 3.63) is 0 Å². The highest BCUT2D eigenvalue weighted by Crippen LogP contribution is 2.14. The highest BCUT2D eigenvalue weighted by molar-refractivity contribution is 5.74. The molecule has 2 fully saturated rings. The van der Waals surface area contributed by atoms with Crippen LogP contribution < -0.4 is 10.6 Å². The summed E-state index contributed by atoms with van der Waals surface area (Å²) in [4.78, 5) is 24.3. The zero-order valence-electron chi connectivity index (χ0n) is 11.6. The summed E-state index contributed by atoms with van der Waals surface area (Å²) in [5, 5.41) is 14.9. The van der Waals surface area contributed by atoms with Crippen LogP contribution in [-0.2, 0) is 9.53 Å². The van der Waals surface area contributed by atoms with Crippen LogP contribution >= 0.6 is 0 Å². The van der Waals surface area contributed by atoms with Gasteiger partial charge >= 0.3 is 12.0 Å². The predicted molar refractivity (Wildman–Crippen MR) is 72.6 cm³/mol. The molecule has 2 aliphatic heterocycles. The largest absolute Gasteiger partial charge is 0.480 e. The van der Waals surface area contributed by atoms with E-state index in [4.69, 9.17) is 9.84 Å². The molecule has 2 aliphatic rings. The van der Waals surface area contributed by atoms with E-state index in [1.54, 1.807) is 4.90 Å². The summed E-state index contributed by atoms with van der Waals surface area (Å²) in [5.74, 6) is -0.948. The molecule has 2 amide bonds. The number of carboxylic acid groups (broad SMARTS) is 1. The number of likely N-dealkylation sites (tertiary alicyclic amines) is 1. The summed E-state index contributed by atoms with van der Waals surface area (Å²) in [7, 11) is 0. The number of nitrogens with one attached hydrogen (secondary N) is 2. The van der Waals surface area contributed by atoms with Crippen LogP contribution in [0.2, 0.25) is 0 Å². The maximum Gasteiger partial charge on any atom is 0.329 e. The molecule has 3 N–H and O–H groups in total. The van der Waals surface area contributed by atoms with Gasteiger partial charge in [-0.1, -0.05) is 0 Å². The first kappa shape index (κ1) is 15.1. The molecule has 0 bridgehead atoms. The third-order valence-electron chi connectivity index (χ3n) is 3.84. The Morgan fingerprint density at radius 1 is 1.20 bits per heavy atom. The van der Waals surface area contributed by atoms with Gasteiger partial charge in [0.15, 0.2) is 0 Å². The van der Waals surface area contributed by atoms with Crippen molar-refractivity contribution in [2.75, 3.05) is 32.8 Å². The van der Waals surface area contributed by atoms with Crippen LogP contribution in [0.5, 0.6) is 0 Å². The van der Waals surface area contributed by atoms with Crippen LogP contribution in [0.4, 0.5) is 4.79 Å². The maximum absolute atomic E-state index is 12.1. The molecule has 0 radical (unpaired) electrons. The predicted octanol–water partition coefficient (Wildman–Crippen LogP) is 0.0136. The molecular weight excluding hydrogens is 262 g/mol. The molecule has 0 unspecified atom stereocenters. The Morgan fingerprint density at radius 3 is 2.45 bits per heavy atom. The van der Waals surface area contributed by atoms with Crippen LogP contribution in [0.15, 0.2) is 0 Å². The van der Waals surface area contributed by atoms with Gasteiger partial charge in [-0.3, -0.25) is 0 Å². The average Bonchev–Trinajstić information content (AvgIpc) is 2.46. The highest BCUT2D eigenvalue weighted by atomic mass is 16.5. The monoisotopic (exact) mass is 285 g/mol. The lowest BCUT2D eigenvalue weighted by molar-refractivity contribution is -0.145. The lowest BCUT2D eigenvalue weighted by Gasteiger charge is -2.33. The van der Waals surface area contributed by atoms with E-state index in [0.29, 0.717) is 25.9 Å². The summed E-state index contributed by atoms with van der Waals surface area (Å²) >= 11 is 0. The molecule has 0 atom stereocenters. The Bertz CT molecular complexity index is 337. The first-order valence-electron chi connectivity index (χ1n) is 7.24. The summed E-state index contributed by atoms with van der Waals surface area (Å²) in [6.45, 7) is 2.90. The Hall–Kier alpha value is -1.34. The van der Waals surface area contributed by atoms with Crippen molar-refractivity contribution in [3.8, 4) is 0 Å². The zero-order chi connectivity index (χ0) is 14.4. The van der Waals surface area contributed by atoms with Gasteiger partial charge in [0.1, 0.15) is 6.61 Å². The van der Waals surface area contributed by atoms with Gasteiger partial charge in [0, 0.05) is 19.1 Å². The molecule has 20 heavy (non-hydrogen) atoms. The molecule has 2 rings (SSSR count). The number of amides is 2. The molecule has 2 saturated heterocycles. The number of carboxylic acids is 1. The van der Waals surface area contributed by atoms with E-state index in [1.807, 2.05) is 0 Å². The average molecular weight is 285 g/mol. The lowest BCUT2D eigenvalue weighted by atomic mass is 10.1. The Balaban J connectivity index is 1.67. The van der Waals surface area contributed by atoms with Gasteiger partial charge in [0.05, 0.1) is 6.10 Å². The summed E-state index contributed by atoms with van der Waals surface area (Å²) in [5.41, 5.74) is 0. The maximum atomic E-state index is 12.1. The van der Waals surface area contributed by atoms with Gasteiger partial charge in [-0.2, -0.15) is 0 Å². The molecule has 0 aliphatic carbocycles. The van der Waals surface area contributed by atoms with Gasteiger partial charge < -0.3 is 25.4 Å². The third-order valence-corrected chi connectivity index (χ3v) is 3.84. The lowest BCUT2D eigenvalue weighted by Crippen LogP contribution is -2.51. The van der Waals surface area contributed by atoms with Crippen LogP contribution in [0.25, 0.3) is 0 Å². The van der Waals surface area contributed by atoms with E-state index in [2.05, 4.69) is 10.6 Å². The fraction of sp³-hybridized carbons (Fsp3) is 0.846. The topological polar surface area (TPSA) is 90.9 Å².